The number of hydrogen-bond acceptors (Lipinski definition) is 2. The zero-order valence-corrected chi connectivity index (χ0v) is 26.7. The van der Waals surface area contributed by atoms with Crippen LogP contribution >= 0.6 is 0 Å². The minimum Gasteiger partial charge on any atom is -0.309 e. The van der Waals surface area contributed by atoms with E-state index in [1.165, 1.54) is 0 Å². The number of benzene rings is 7. The second kappa shape index (κ2) is 11.4. The molecule has 0 aliphatic carbocycles. The van der Waals surface area contributed by atoms with Crippen LogP contribution in [0, 0.1) is 29.2 Å². The quantitative estimate of drug-likeness (QED) is 0.181. The summed E-state index contributed by atoms with van der Waals surface area (Å²) in [7, 11) is 0. The fraction of sp³-hybridized carbons (Fsp3) is 0. The lowest BCUT2D eigenvalue weighted by molar-refractivity contribution is 1.18. The minimum absolute atomic E-state index is 0.547. The molecular formula is C45H25N5. The molecule has 0 amide bonds. The number of rotatable bonds is 4. The van der Waals surface area contributed by atoms with E-state index < -0.39 is 0 Å². The average Bonchev–Trinajstić information content (AvgIpc) is 3.70. The van der Waals surface area contributed by atoms with E-state index in [9.17, 15) is 10.5 Å². The maximum atomic E-state index is 10.2. The van der Waals surface area contributed by atoms with Gasteiger partial charge in [0.25, 0.3) is 0 Å². The van der Waals surface area contributed by atoms with Gasteiger partial charge in [-0.25, -0.2) is 4.85 Å². The molecule has 0 aliphatic rings. The van der Waals surface area contributed by atoms with E-state index in [2.05, 4.69) is 92.8 Å². The highest BCUT2D eigenvalue weighted by Crippen LogP contribution is 2.42. The topological polar surface area (TPSA) is 61.8 Å². The number of fused-ring (bicyclic) bond motifs is 6. The zero-order valence-electron chi connectivity index (χ0n) is 26.7. The first-order valence-corrected chi connectivity index (χ1v) is 16.3. The first kappa shape index (κ1) is 28.8. The maximum Gasteiger partial charge on any atom is 0.187 e. The van der Waals surface area contributed by atoms with Gasteiger partial charge in [0.1, 0.15) is 6.07 Å². The molecule has 7 aromatic carbocycles. The summed E-state index contributed by atoms with van der Waals surface area (Å²) in [6.07, 6.45) is 0. The summed E-state index contributed by atoms with van der Waals surface area (Å²) >= 11 is 0. The van der Waals surface area contributed by atoms with Crippen LogP contribution in [0.5, 0.6) is 0 Å². The number of nitrogens with zero attached hydrogens (tertiary/aromatic N) is 5. The van der Waals surface area contributed by atoms with Crippen molar-refractivity contribution in [2.75, 3.05) is 0 Å². The third kappa shape index (κ3) is 4.31. The average molecular weight is 636 g/mol. The van der Waals surface area contributed by atoms with Crippen molar-refractivity contribution in [2.45, 2.75) is 0 Å². The molecule has 9 rings (SSSR count). The van der Waals surface area contributed by atoms with Gasteiger partial charge in [-0.15, -0.1) is 0 Å². The van der Waals surface area contributed by atoms with E-state index in [-0.39, 0.29) is 0 Å². The van der Waals surface area contributed by atoms with Gasteiger partial charge in [-0.3, -0.25) is 0 Å². The molecule has 0 fully saturated rings. The van der Waals surface area contributed by atoms with Crippen molar-refractivity contribution in [2.24, 2.45) is 0 Å². The van der Waals surface area contributed by atoms with Crippen molar-refractivity contribution < 1.29 is 0 Å². The fourth-order valence-electron chi connectivity index (χ4n) is 7.46. The van der Waals surface area contributed by atoms with Crippen LogP contribution < -0.4 is 0 Å². The number of hydrogen-bond donors (Lipinski definition) is 0. The number of nitriles is 2. The summed E-state index contributed by atoms with van der Waals surface area (Å²) < 4.78 is 4.44. The molecule has 0 unspecified atom stereocenters. The van der Waals surface area contributed by atoms with Crippen LogP contribution in [0.2, 0.25) is 0 Å². The molecule has 0 spiro atoms. The summed E-state index contributed by atoms with van der Waals surface area (Å²) in [6.45, 7) is 7.91. The first-order valence-electron chi connectivity index (χ1n) is 16.3. The summed E-state index contributed by atoms with van der Waals surface area (Å²) in [5.41, 5.74) is 11.5. The number of aromatic nitrogens is 2. The molecule has 0 saturated heterocycles. The van der Waals surface area contributed by atoms with Gasteiger partial charge in [0.15, 0.2) is 5.69 Å². The first-order chi connectivity index (χ1) is 24.7. The largest absolute Gasteiger partial charge is 0.309 e. The van der Waals surface area contributed by atoms with Crippen LogP contribution in [-0.2, 0) is 0 Å². The molecule has 50 heavy (non-hydrogen) atoms. The van der Waals surface area contributed by atoms with Crippen molar-refractivity contribution in [3.63, 3.8) is 0 Å². The van der Waals surface area contributed by atoms with E-state index in [0.29, 0.717) is 16.8 Å². The van der Waals surface area contributed by atoms with Crippen molar-refractivity contribution in [3.05, 3.63) is 174 Å². The molecule has 2 aromatic heterocycles. The van der Waals surface area contributed by atoms with Crippen LogP contribution in [-0.4, -0.2) is 9.13 Å². The van der Waals surface area contributed by atoms with Gasteiger partial charge in [0.05, 0.1) is 51.5 Å². The summed E-state index contributed by atoms with van der Waals surface area (Å²) in [6, 6.07) is 55.6. The molecule has 0 aliphatic heterocycles. The highest BCUT2D eigenvalue weighted by Gasteiger charge is 2.20. The van der Waals surface area contributed by atoms with Crippen molar-refractivity contribution >= 4 is 49.3 Å². The summed E-state index contributed by atoms with van der Waals surface area (Å²) in [5.74, 6) is 0. The van der Waals surface area contributed by atoms with Gasteiger partial charge < -0.3 is 9.13 Å². The Labute approximate surface area is 288 Å². The lowest BCUT2D eigenvalue weighted by Gasteiger charge is -2.18. The molecule has 0 atom stereocenters. The molecule has 2 heterocycles. The SMILES string of the molecule is [C-]#[N+]c1ccc(-c2cccc(-n3c4ccccc4c4cc(C#N)ccc43)c2)c(-c2ccccc2-n2c3ccccc3c3cccc(C#N)c32)c1. The molecule has 0 bridgehead atoms. The smallest absolute Gasteiger partial charge is 0.187 e. The Bertz CT molecular complexity index is 2970. The Morgan fingerprint density at radius 2 is 1.20 bits per heavy atom. The molecule has 9 aromatic rings. The van der Waals surface area contributed by atoms with Crippen LogP contribution in [0.25, 0.3) is 82.1 Å². The van der Waals surface area contributed by atoms with Crippen molar-refractivity contribution in [1.82, 2.24) is 9.13 Å². The molecule has 5 heteroatoms. The van der Waals surface area contributed by atoms with Crippen LogP contribution in [0.4, 0.5) is 5.69 Å². The Balaban J connectivity index is 1.30. The van der Waals surface area contributed by atoms with Crippen LogP contribution in [0.1, 0.15) is 11.1 Å². The van der Waals surface area contributed by atoms with Crippen LogP contribution in [0.15, 0.2) is 152 Å². The molecule has 0 saturated carbocycles. The van der Waals surface area contributed by atoms with Crippen molar-refractivity contribution in [3.8, 4) is 45.8 Å². The zero-order chi connectivity index (χ0) is 33.8. The van der Waals surface area contributed by atoms with Gasteiger partial charge in [-0.05, 0) is 77.4 Å². The van der Waals surface area contributed by atoms with Gasteiger partial charge >= 0.3 is 0 Å². The lowest BCUT2D eigenvalue weighted by Crippen LogP contribution is -1.99. The Morgan fingerprint density at radius 3 is 2.00 bits per heavy atom. The molecular weight excluding hydrogens is 611 g/mol. The van der Waals surface area contributed by atoms with E-state index in [4.69, 9.17) is 6.57 Å². The predicted molar refractivity (Wildman–Crippen MR) is 202 cm³/mol. The standard InChI is InChI=1S/C45H25N5/c1-48-32-21-22-34(30-10-8-12-33(25-30)49-41-17-5-4-15-37(41)40-24-29(27-46)20-23-44(40)49)39(26-32)36-14-3-7-19-43(36)50-42-18-6-2-13-35(42)38-16-9-11-31(28-47)45(38)50/h2-26H. The molecule has 5 nitrogen and oxygen atoms in total. The van der Waals surface area contributed by atoms with Gasteiger partial charge in [0.2, 0.25) is 0 Å². The predicted octanol–water partition coefficient (Wildman–Crippen LogP) is 11.5. The Kier molecular flexibility index (Phi) is 6.56. The lowest BCUT2D eigenvalue weighted by atomic mass is 9.92. The van der Waals surface area contributed by atoms with Gasteiger partial charge in [-0.2, -0.15) is 10.5 Å². The van der Waals surface area contributed by atoms with Crippen LogP contribution in [0.3, 0.4) is 0 Å². The summed E-state index contributed by atoms with van der Waals surface area (Å²) in [4.78, 5) is 3.82. The second-order valence-corrected chi connectivity index (χ2v) is 12.3. The van der Waals surface area contributed by atoms with E-state index in [0.717, 1.165) is 77.2 Å². The Hall–Kier alpha value is -7.39. The normalized spacial score (nSPS) is 11.1. The minimum atomic E-state index is 0.547. The third-order valence-electron chi connectivity index (χ3n) is 9.60. The van der Waals surface area contributed by atoms with Gasteiger partial charge in [0, 0.05) is 32.8 Å². The monoisotopic (exact) mass is 635 g/mol. The summed E-state index contributed by atoms with van der Waals surface area (Å²) in [5, 5.41) is 24.1. The maximum absolute atomic E-state index is 10.2. The van der Waals surface area contributed by atoms with Gasteiger partial charge in [-0.1, -0.05) is 91.0 Å². The second-order valence-electron chi connectivity index (χ2n) is 12.3. The molecule has 230 valence electrons. The molecule has 0 N–H and O–H groups in total. The number of para-hydroxylation sites is 4. The van der Waals surface area contributed by atoms with E-state index in [1.807, 2.05) is 84.9 Å². The van der Waals surface area contributed by atoms with E-state index in [1.54, 1.807) is 0 Å². The van der Waals surface area contributed by atoms with E-state index >= 15 is 0 Å². The third-order valence-corrected chi connectivity index (χ3v) is 9.60. The van der Waals surface area contributed by atoms with Crippen molar-refractivity contribution in [1.29, 1.82) is 10.5 Å². The highest BCUT2D eigenvalue weighted by atomic mass is 15.0. The highest BCUT2D eigenvalue weighted by molar-refractivity contribution is 6.12. The fourth-order valence-corrected chi connectivity index (χ4v) is 7.46. The molecule has 0 radical (unpaired) electrons. The Morgan fingerprint density at radius 1 is 0.500 bits per heavy atom.